The molecule has 0 atom stereocenters. The van der Waals surface area contributed by atoms with Crippen LogP contribution in [0, 0.1) is 10.3 Å². The van der Waals surface area contributed by atoms with Gasteiger partial charge in [0.05, 0.1) is 0 Å². The quantitative estimate of drug-likeness (QED) is 0.833. The molecule has 1 aliphatic rings. The van der Waals surface area contributed by atoms with Crippen molar-refractivity contribution in [3.8, 4) is 0 Å². The van der Waals surface area contributed by atoms with E-state index in [2.05, 4.69) is 41.5 Å². The molecule has 5 nitrogen and oxygen atoms in total. The van der Waals surface area contributed by atoms with Crippen molar-refractivity contribution >= 4 is 18.1 Å². The van der Waals surface area contributed by atoms with Crippen LogP contribution < -0.4 is 5.32 Å². The van der Waals surface area contributed by atoms with Gasteiger partial charge in [0.25, 0.3) is 4.84 Å². The molecule has 0 saturated carbocycles. The van der Waals surface area contributed by atoms with Crippen molar-refractivity contribution in [1.82, 2.24) is 15.5 Å². The molecule has 0 saturated heterocycles. The van der Waals surface area contributed by atoms with Gasteiger partial charge < -0.3 is 9.73 Å². The summed E-state index contributed by atoms with van der Waals surface area (Å²) in [5.41, 5.74) is 1.03. The average Bonchev–Trinajstić information content (AvgIpc) is 2.70. The van der Waals surface area contributed by atoms with Crippen molar-refractivity contribution in [3.05, 3.63) is 46.7 Å². The summed E-state index contributed by atoms with van der Waals surface area (Å²) >= 11 is 4.71. The summed E-state index contributed by atoms with van der Waals surface area (Å²) in [6.45, 7) is 4.64. The Labute approximate surface area is 116 Å². The van der Waals surface area contributed by atoms with Gasteiger partial charge in [-0.15, -0.1) is 5.10 Å². The number of aromatic nitrogens is 2. The first-order valence-electron chi connectivity index (χ1n) is 5.88. The lowest BCUT2D eigenvalue weighted by Crippen LogP contribution is -2.25. The van der Waals surface area contributed by atoms with Crippen LogP contribution in [0.1, 0.15) is 24.5 Å². The summed E-state index contributed by atoms with van der Waals surface area (Å²) in [6, 6.07) is 0. The smallest absolute Gasteiger partial charge is 0.309 e. The number of allylic oxidation sites excluding steroid dienone is 4. The van der Waals surface area contributed by atoms with E-state index in [1.807, 2.05) is 18.2 Å². The zero-order valence-electron chi connectivity index (χ0n) is 10.8. The van der Waals surface area contributed by atoms with Gasteiger partial charge in [-0.3, -0.25) is 4.79 Å². The summed E-state index contributed by atoms with van der Waals surface area (Å²) in [5.74, 6) is -0.451. The molecule has 1 aromatic rings. The van der Waals surface area contributed by atoms with Crippen LogP contribution in [0.3, 0.4) is 0 Å². The fourth-order valence-corrected chi connectivity index (χ4v) is 1.68. The molecule has 0 unspecified atom stereocenters. The maximum atomic E-state index is 11.7. The molecule has 0 fully saturated rings. The van der Waals surface area contributed by atoms with E-state index in [9.17, 15) is 4.79 Å². The van der Waals surface area contributed by atoms with Crippen LogP contribution in [0.15, 0.2) is 40.4 Å². The second kappa shape index (κ2) is 5.36. The zero-order chi connectivity index (χ0) is 13.9. The standard InChI is InChI=1S/C13H15N3O2S/c1-13(2)6-3-4-9(5-7-13)8-14-10(17)11-15-16-12(19)18-11/h3-7H,8H2,1-2H3,(H,14,17)(H,16,19). The van der Waals surface area contributed by atoms with E-state index >= 15 is 0 Å². The molecule has 2 rings (SSSR count). The Morgan fingerprint density at radius 1 is 1.53 bits per heavy atom. The average molecular weight is 277 g/mol. The fraction of sp³-hybridized carbons (Fsp3) is 0.308. The van der Waals surface area contributed by atoms with Crippen molar-refractivity contribution in [2.24, 2.45) is 5.41 Å². The number of nitrogens with one attached hydrogen (secondary N) is 2. The highest BCUT2D eigenvalue weighted by Crippen LogP contribution is 2.22. The van der Waals surface area contributed by atoms with Gasteiger partial charge in [0.1, 0.15) is 0 Å². The number of hydrogen-bond donors (Lipinski definition) is 2. The zero-order valence-corrected chi connectivity index (χ0v) is 11.6. The first-order valence-corrected chi connectivity index (χ1v) is 6.28. The minimum atomic E-state index is -0.394. The lowest BCUT2D eigenvalue weighted by molar-refractivity contribution is 0.0922. The van der Waals surface area contributed by atoms with Crippen molar-refractivity contribution < 1.29 is 9.21 Å². The molecule has 0 radical (unpaired) electrons. The third-order valence-corrected chi connectivity index (χ3v) is 2.82. The van der Waals surface area contributed by atoms with Gasteiger partial charge in [-0.05, 0) is 17.8 Å². The number of carbonyl (C=O) groups is 1. The second-order valence-electron chi connectivity index (χ2n) is 4.86. The molecule has 1 aromatic heterocycles. The Balaban J connectivity index is 1.97. The molecule has 0 spiro atoms. The molecular formula is C13H15N3O2S. The van der Waals surface area contributed by atoms with Crippen LogP contribution >= 0.6 is 12.2 Å². The summed E-state index contributed by atoms with van der Waals surface area (Å²) in [4.78, 5) is 11.8. The Bertz CT molecular complexity index is 620. The van der Waals surface area contributed by atoms with E-state index in [-0.39, 0.29) is 16.1 Å². The molecule has 1 aliphatic carbocycles. The summed E-state index contributed by atoms with van der Waals surface area (Å²) in [6.07, 6.45) is 10.1. The topological polar surface area (TPSA) is 70.9 Å². The maximum absolute atomic E-state index is 11.7. The van der Waals surface area contributed by atoms with Crippen molar-refractivity contribution in [2.45, 2.75) is 13.8 Å². The second-order valence-corrected chi connectivity index (χ2v) is 5.23. The highest BCUT2D eigenvalue weighted by Gasteiger charge is 2.13. The Morgan fingerprint density at radius 2 is 2.32 bits per heavy atom. The number of rotatable bonds is 3. The van der Waals surface area contributed by atoms with Gasteiger partial charge in [-0.25, -0.2) is 5.10 Å². The summed E-state index contributed by atoms with van der Waals surface area (Å²) in [7, 11) is 0. The fourth-order valence-electron chi connectivity index (χ4n) is 1.56. The molecule has 2 N–H and O–H groups in total. The van der Waals surface area contributed by atoms with Gasteiger partial charge >= 0.3 is 11.8 Å². The van der Waals surface area contributed by atoms with Gasteiger partial charge in [-0.1, -0.05) is 44.2 Å². The minimum absolute atomic E-state index is 0.0248. The van der Waals surface area contributed by atoms with Crippen LogP contribution in [-0.4, -0.2) is 22.6 Å². The molecular weight excluding hydrogens is 262 g/mol. The Hall–Kier alpha value is -1.95. The molecule has 0 aromatic carbocycles. The third kappa shape index (κ3) is 3.75. The number of carbonyl (C=O) groups excluding carboxylic acids is 1. The highest BCUT2D eigenvalue weighted by molar-refractivity contribution is 7.71. The monoisotopic (exact) mass is 277 g/mol. The summed E-state index contributed by atoms with van der Waals surface area (Å²) in [5, 5.41) is 8.79. The Kier molecular flexibility index (Phi) is 3.80. The lowest BCUT2D eigenvalue weighted by atomic mass is 9.93. The van der Waals surface area contributed by atoms with Crippen LogP contribution in [0.2, 0.25) is 0 Å². The van der Waals surface area contributed by atoms with Gasteiger partial charge in [0.2, 0.25) is 0 Å². The van der Waals surface area contributed by atoms with Crippen molar-refractivity contribution in [2.75, 3.05) is 6.54 Å². The molecule has 6 heteroatoms. The lowest BCUT2D eigenvalue weighted by Gasteiger charge is -2.12. The highest BCUT2D eigenvalue weighted by atomic mass is 32.1. The van der Waals surface area contributed by atoms with Gasteiger partial charge in [-0.2, -0.15) is 0 Å². The maximum Gasteiger partial charge on any atom is 0.309 e. The number of hydrogen-bond acceptors (Lipinski definition) is 4. The largest absolute Gasteiger partial charge is 0.405 e. The van der Waals surface area contributed by atoms with Crippen molar-refractivity contribution in [3.63, 3.8) is 0 Å². The third-order valence-electron chi connectivity index (χ3n) is 2.65. The van der Waals surface area contributed by atoms with E-state index in [0.717, 1.165) is 5.57 Å². The number of nitrogens with zero attached hydrogens (tertiary/aromatic N) is 1. The molecule has 1 amide bonds. The normalized spacial score (nSPS) is 16.8. The van der Waals surface area contributed by atoms with Crippen molar-refractivity contribution in [1.29, 1.82) is 0 Å². The predicted octanol–water partition coefficient (Wildman–Crippen LogP) is 2.54. The molecule has 0 aliphatic heterocycles. The van der Waals surface area contributed by atoms with E-state index in [0.29, 0.717) is 6.54 Å². The molecule has 19 heavy (non-hydrogen) atoms. The molecule has 100 valence electrons. The minimum Gasteiger partial charge on any atom is -0.405 e. The van der Waals surface area contributed by atoms with Crippen LogP contribution in [0.25, 0.3) is 0 Å². The molecule has 1 heterocycles. The van der Waals surface area contributed by atoms with E-state index in [4.69, 9.17) is 16.6 Å². The van der Waals surface area contributed by atoms with Crippen LogP contribution in [-0.2, 0) is 0 Å². The summed E-state index contributed by atoms with van der Waals surface area (Å²) < 4.78 is 4.93. The number of aromatic amines is 1. The van der Waals surface area contributed by atoms with E-state index < -0.39 is 5.91 Å². The molecule has 0 bridgehead atoms. The SMILES string of the molecule is CC1(C)C=CC=C(CNC(=O)c2n[nH]c(=S)o2)C=C1. The number of H-pyrrole nitrogens is 1. The predicted molar refractivity (Wildman–Crippen MR) is 74.2 cm³/mol. The van der Waals surface area contributed by atoms with Gasteiger partial charge in [0.15, 0.2) is 0 Å². The first-order chi connectivity index (χ1) is 8.96. The van der Waals surface area contributed by atoms with Crippen LogP contribution in [0.4, 0.5) is 0 Å². The van der Waals surface area contributed by atoms with E-state index in [1.165, 1.54) is 0 Å². The first kappa shape index (κ1) is 13.5. The number of amides is 1. The van der Waals surface area contributed by atoms with Crippen LogP contribution in [0.5, 0.6) is 0 Å². The Morgan fingerprint density at radius 3 is 3.00 bits per heavy atom. The van der Waals surface area contributed by atoms with Gasteiger partial charge in [0, 0.05) is 12.0 Å². The van der Waals surface area contributed by atoms with E-state index in [1.54, 1.807) is 0 Å².